The van der Waals surface area contributed by atoms with Gasteiger partial charge in [-0.15, -0.1) is 11.8 Å². The number of benzene rings is 3. The molecular weight excluding hydrogens is 398 g/mol. The molecule has 6 heteroatoms. The number of carbonyl (C=O) groups is 2. The molecule has 0 saturated carbocycles. The zero-order chi connectivity index (χ0) is 21.5. The minimum Gasteiger partial charge on any atom is -0.493 e. The van der Waals surface area contributed by atoms with Crippen molar-refractivity contribution in [2.75, 3.05) is 25.3 Å². The second kappa shape index (κ2) is 9.98. The Labute approximate surface area is 180 Å². The molecular formula is C24H23NO4S. The van der Waals surface area contributed by atoms with Gasteiger partial charge in [0.15, 0.2) is 17.3 Å². The van der Waals surface area contributed by atoms with Crippen molar-refractivity contribution < 1.29 is 19.1 Å². The number of amides is 1. The van der Waals surface area contributed by atoms with Crippen molar-refractivity contribution in [1.82, 2.24) is 0 Å². The Morgan fingerprint density at radius 1 is 0.900 bits per heavy atom. The molecule has 5 nitrogen and oxygen atoms in total. The molecule has 0 radical (unpaired) electrons. The van der Waals surface area contributed by atoms with E-state index in [2.05, 4.69) is 5.32 Å². The number of hydrogen-bond donors (Lipinski definition) is 1. The van der Waals surface area contributed by atoms with Gasteiger partial charge in [-0.1, -0.05) is 24.3 Å². The molecule has 3 aromatic carbocycles. The van der Waals surface area contributed by atoms with Crippen LogP contribution in [0.5, 0.6) is 11.5 Å². The minimum atomic E-state index is -0.156. The number of thioether (sulfide) groups is 1. The third kappa shape index (κ3) is 5.21. The molecule has 1 amide bonds. The number of ketones is 1. The summed E-state index contributed by atoms with van der Waals surface area (Å²) in [6, 6.07) is 20.0. The lowest BCUT2D eigenvalue weighted by Gasteiger charge is -2.10. The van der Waals surface area contributed by atoms with Crippen LogP contribution < -0.4 is 14.8 Å². The number of rotatable bonds is 8. The van der Waals surface area contributed by atoms with Crippen molar-refractivity contribution in [2.24, 2.45) is 0 Å². The summed E-state index contributed by atoms with van der Waals surface area (Å²) < 4.78 is 10.5. The lowest BCUT2D eigenvalue weighted by Crippen LogP contribution is -2.13. The molecule has 0 fully saturated rings. The number of hydrogen-bond acceptors (Lipinski definition) is 5. The zero-order valence-corrected chi connectivity index (χ0v) is 17.9. The third-order valence-electron chi connectivity index (χ3n) is 4.56. The number of carbonyl (C=O) groups excluding carboxylic acids is 2. The monoisotopic (exact) mass is 421 g/mol. The van der Waals surface area contributed by atoms with Gasteiger partial charge in [-0.3, -0.25) is 9.59 Å². The van der Waals surface area contributed by atoms with Gasteiger partial charge in [0.2, 0.25) is 0 Å². The molecule has 0 bridgehead atoms. The van der Waals surface area contributed by atoms with Crippen LogP contribution >= 0.6 is 11.8 Å². The van der Waals surface area contributed by atoms with Crippen LogP contribution in [0.1, 0.15) is 26.3 Å². The van der Waals surface area contributed by atoms with Crippen molar-refractivity contribution in [1.29, 1.82) is 0 Å². The van der Waals surface area contributed by atoms with Gasteiger partial charge < -0.3 is 14.8 Å². The van der Waals surface area contributed by atoms with Crippen LogP contribution in [0.25, 0.3) is 0 Å². The quantitative estimate of drug-likeness (QED) is 0.398. The van der Waals surface area contributed by atoms with Gasteiger partial charge in [-0.2, -0.15) is 0 Å². The van der Waals surface area contributed by atoms with E-state index in [0.29, 0.717) is 28.3 Å². The summed E-state index contributed by atoms with van der Waals surface area (Å²) in [5.41, 5.74) is 2.80. The van der Waals surface area contributed by atoms with Gasteiger partial charge in [-0.25, -0.2) is 0 Å². The Morgan fingerprint density at radius 2 is 1.67 bits per heavy atom. The average molecular weight is 422 g/mol. The summed E-state index contributed by atoms with van der Waals surface area (Å²) in [5.74, 6) is 1.20. The summed E-state index contributed by atoms with van der Waals surface area (Å²) in [6.07, 6.45) is 0. The second-order valence-electron chi connectivity index (χ2n) is 6.58. The van der Waals surface area contributed by atoms with Crippen molar-refractivity contribution in [3.05, 3.63) is 83.4 Å². The summed E-state index contributed by atoms with van der Waals surface area (Å²) in [6.45, 7) is 1.90. The van der Waals surface area contributed by atoms with E-state index in [1.54, 1.807) is 31.4 Å². The number of nitrogens with one attached hydrogen (secondary N) is 1. The molecule has 0 aliphatic carbocycles. The van der Waals surface area contributed by atoms with E-state index < -0.39 is 0 Å². The van der Waals surface area contributed by atoms with Crippen molar-refractivity contribution in [2.45, 2.75) is 11.8 Å². The standard InChI is InChI=1S/C24H23NO4S/c1-16-7-4-5-10-20(16)24(27)25-18-8-6-9-19(14-18)30-15-21(26)17-11-12-22(28-2)23(13-17)29-3/h4-14H,15H2,1-3H3,(H,25,27). The van der Waals surface area contributed by atoms with E-state index in [4.69, 9.17) is 9.47 Å². The summed E-state index contributed by atoms with van der Waals surface area (Å²) in [5, 5.41) is 2.92. The van der Waals surface area contributed by atoms with Gasteiger partial charge in [0, 0.05) is 21.7 Å². The molecule has 0 aliphatic heterocycles. The van der Waals surface area contributed by atoms with Gasteiger partial charge in [-0.05, 0) is 55.0 Å². The Kier molecular flexibility index (Phi) is 7.14. The van der Waals surface area contributed by atoms with Crippen LogP contribution in [0.3, 0.4) is 0 Å². The van der Waals surface area contributed by atoms with Crippen molar-refractivity contribution >= 4 is 29.1 Å². The Balaban J connectivity index is 1.65. The highest BCUT2D eigenvalue weighted by Gasteiger charge is 2.12. The average Bonchev–Trinajstić information content (AvgIpc) is 2.77. The number of anilines is 1. The number of methoxy groups -OCH3 is 2. The van der Waals surface area contributed by atoms with E-state index in [1.165, 1.54) is 18.9 Å². The topological polar surface area (TPSA) is 64.6 Å². The van der Waals surface area contributed by atoms with Crippen LogP contribution in [-0.4, -0.2) is 31.7 Å². The van der Waals surface area contributed by atoms with Gasteiger partial charge in [0.1, 0.15) is 0 Å². The summed E-state index contributed by atoms with van der Waals surface area (Å²) in [7, 11) is 3.09. The van der Waals surface area contributed by atoms with E-state index >= 15 is 0 Å². The molecule has 0 unspecified atom stereocenters. The normalized spacial score (nSPS) is 10.4. The maximum atomic E-state index is 12.6. The third-order valence-corrected chi connectivity index (χ3v) is 5.55. The zero-order valence-electron chi connectivity index (χ0n) is 17.1. The Hall–Kier alpha value is -3.25. The van der Waals surface area contributed by atoms with Gasteiger partial charge in [0.25, 0.3) is 5.91 Å². The maximum Gasteiger partial charge on any atom is 0.255 e. The summed E-state index contributed by atoms with van der Waals surface area (Å²) >= 11 is 1.41. The van der Waals surface area contributed by atoms with E-state index in [0.717, 1.165) is 10.5 Å². The van der Waals surface area contributed by atoms with E-state index in [9.17, 15) is 9.59 Å². The van der Waals surface area contributed by atoms with Gasteiger partial charge in [0.05, 0.1) is 20.0 Å². The van der Waals surface area contributed by atoms with Crippen LogP contribution in [0.2, 0.25) is 0 Å². The molecule has 3 rings (SSSR count). The predicted octanol–water partition coefficient (Wildman–Crippen LogP) is 5.24. The SMILES string of the molecule is COc1ccc(C(=O)CSc2cccc(NC(=O)c3ccccc3C)c2)cc1OC. The fraction of sp³-hybridized carbons (Fsp3) is 0.167. The number of aryl methyl sites for hydroxylation is 1. The molecule has 0 aromatic heterocycles. The maximum absolute atomic E-state index is 12.6. The first-order valence-corrected chi connectivity index (χ1v) is 10.4. The van der Waals surface area contributed by atoms with Crippen LogP contribution in [0.15, 0.2) is 71.6 Å². The molecule has 30 heavy (non-hydrogen) atoms. The molecule has 0 saturated heterocycles. The van der Waals surface area contributed by atoms with Crippen LogP contribution in [0, 0.1) is 6.92 Å². The van der Waals surface area contributed by atoms with Crippen molar-refractivity contribution in [3.8, 4) is 11.5 Å². The molecule has 0 spiro atoms. The highest BCUT2D eigenvalue weighted by molar-refractivity contribution is 8.00. The number of ether oxygens (including phenoxy) is 2. The lowest BCUT2D eigenvalue weighted by molar-refractivity contribution is 0.101. The molecule has 0 aliphatic rings. The van der Waals surface area contributed by atoms with E-state index in [1.807, 2.05) is 49.4 Å². The van der Waals surface area contributed by atoms with E-state index in [-0.39, 0.29) is 17.4 Å². The highest BCUT2D eigenvalue weighted by atomic mass is 32.2. The number of Topliss-reactive ketones (excluding diaryl/α,β-unsaturated/α-hetero) is 1. The smallest absolute Gasteiger partial charge is 0.255 e. The molecule has 1 N–H and O–H groups in total. The first kappa shape index (κ1) is 21.5. The van der Waals surface area contributed by atoms with Crippen LogP contribution in [0.4, 0.5) is 5.69 Å². The lowest BCUT2D eigenvalue weighted by atomic mass is 10.1. The molecule has 0 atom stereocenters. The molecule has 3 aromatic rings. The summed E-state index contributed by atoms with van der Waals surface area (Å²) in [4.78, 5) is 26.0. The fourth-order valence-electron chi connectivity index (χ4n) is 2.93. The minimum absolute atomic E-state index is 0.0182. The Morgan fingerprint density at radius 3 is 2.40 bits per heavy atom. The largest absolute Gasteiger partial charge is 0.493 e. The highest BCUT2D eigenvalue weighted by Crippen LogP contribution is 2.29. The van der Waals surface area contributed by atoms with Crippen LogP contribution in [-0.2, 0) is 0 Å². The Bertz CT molecular complexity index is 1060. The predicted molar refractivity (Wildman–Crippen MR) is 120 cm³/mol. The van der Waals surface area contributed by atoms with Gasteiger partial charge >= 0.3 is 0 Å². The first-order chi connectivity index (χ1) is 14.5. The molecule has 0 heterocycles. The fourth-order valence-corrected chi connectivity index (χ4v) is 3.78. The van der Waals surface area contributed by atoms with Crippen molar-refractivity contribution in [3.63, 3.8) is 0 Å². The molecule has 154 valence electrons. The second-order valence-corrected chi connectivity index (χ2v) is 7.63. The first-order valence-electron chi connectivity index (χ1n) is 9.37.